The van der Waals surface area contributed by atoms with Crippen LogP contribution < -0.4 is 30.7 Å². The predicted octanol–water partition coefficient (Wildman–Crippen LogP) is 8.40. The third kappa shape index (κ3) is 17.1. The largest absolute Gasteiger partial charge is 0.488 e. The summed E-state index contributed by atoms with van der Waals surface area (Å²) in [6, 6.07) is 9.25. The van der Waals surface area contributed by atoms with Crippen LogP contribution in [0.3, 0.4) is 0 Å². The van der Waals surface area contributed by atoms with Crippen LogP contribution in [0.2, 0.25) is 0 Å². The van der Waals surface area contributed by atoms with E-state index in [4.69, 9.17) is 46.8 Å². The van der Waals surface area contributed by atoms with Crippen molar-refractivity contribution in [1.29, 1.82) is 0 Å². The smallest absolute Gasteiger partial charge is 0.408 e. The van der Waals surface area contributed by atoms with Crippen LogP contribution in [0.15, 0.2) is 72.8 Å². The first-order valence-corrected chi connectivity index (χ1v) is 36.6. The van der Waals surface area contributed by atoms with Gasteiger partial charge in [0.25, 0.3) is 5.78 Å². The number of alkyl carbamates (subject to hydrolysis) is 2. The number of aromatic nitrogens is 2. The van der Waals surface area contributed by atoms with E-state index < -0.39 is 101 Å². The number of terminal acetylenes is 2. The minimum absolute atomic E-state index is 0.00168. The maximum absolute atomic E-state index is 14.5. The average Bonchev–Trinajstić information content (AvgIpc) is 1.59. The van der Waals surface area contributed by atoms with E-state index in [1.807, 2.05) is 24.3 Å². The number of alkyl halides is 1. The molecule has 4 saturated carbocycles. The number of Topliss-reactive ketones (excluding diaryl/α,β-unsaturated/α-hetero) is 2. The van der Waals surface area contributed by atoms with Crippen LogP contribution >= 0.6 is 15.9 Å². The first-order chi connectivity index (χ1) is 49.8. The molecule has 0 bridgehead atoms. The van der Waals surface area contributed by atoms with Gasteiger partial charge in [0.2, 0.25) is 23.6 Å². The summed E-state index contributed by atoms with van der Waals surface area (Å²) in [6.45, 7) is -0.0525. The zero-order valence-electron chi connectivity index (χ0n) is 57.7. The molecule has 4 aromatic rings. The molecule has 26 nitrogen and oxygen atoms in total. The number of nitrogens with zero attached hydrogens (tertiary/aromatic N) is 6. The molecule has 4 N–H and O–H groups in total. The van der Waals surface area contributed by atoms with Gasteiger partial charge in [0.15, 0.2) is 5.78 Å². The van der Waals surface area contributed by atoms with E-state index >= 15 is 0 Å². The number of ketones is 2. The van der Waals surface area contributed by atoms with Crippen molar-refractivity contribution in [3.05, 3.63) is 101 Å². The lowest BCUT2D eigenvalue weighted by Gasteiger charge is -2.29. The van der Waals surface area contributed by atoms with Crippen molar-refractivity contribution in [3.63, 3.8) is 0 Å². The minimum Gasteiger partial charge on any atom is -0.488 e. The van der Waals surface area contributed by atoms with Crippen molar-refractivity contribution in [1.82, 2.24) is 41.0 Å². The second-order valence-electron chi connectivity index (χ2n) is 27.5. The molecule has 10 atom stereocenters. The van der Waals surface area contributed by atoms with E-state index in [0.717, 1.165) is 89.9 Å². The first kappa shape index (κ1) is 74.2. The number of methoxy groups -OCH3 is 2. The fourth-order valence-corrected chi connectivity index (χ4v) is 15.3. The van der Waals surface area contributed by atoms with Crippen LogP contribution in [0.1, 0.15) is 173 Å². The number of ether oxygens (including phenoxy) is 6. The van der Waals surface area contributed by atoms with Crippen molar-refractivity contribution < 1.29 is 81.2 Å². The Morgan fingerprint density at radius 1 is 0.621 bits per heavy atom. The van der Waals surface area contributed by atoms with Gasteiger partial charge in [0.05, 0.1) is 54.8 Å². The molecule has 2 saturated heterocycles. The molecule has 0 radical (unpaired) electrons. The van der Waals surface area contributed by atoms with Gasteiger partial charge >= 0.3 is 30.3 Å². The van der Waals surface area contributed by atoms with Crippen LogP contribution in [-0.4, -0.2) is 182 Å². The van der Waals surface area contributed by atoms with E-state index in [1.54, 1.807) is 42.5 Å². The third-order valence-electron chi connectivity index (χ3n) is 20.7. The lowest BCUT2D eigenvalue weighted by atomic mass is 10.0. The molecule has 542 valence electrons. The highest BCUT2D eigenvalue weighted by Gasteiger charge is 2.63. The monoisotopic (exact) mass is 1470 g/mol. The molecule has 2 aromatic heterocycles. The number of fused-ring (bicyclic) bond motifs is 6. The van der Waals surface area contributed by atoms with E-state index in [9.17, 15) is 47.9 Å². The van der Waals surface area contributed by atoms with Gasteiger partial charge in [-0.3, -0.25) is 28.8 Å². The van der Waals surface area contributed by atoms with Crippen molar-refractivity contribution in [2.24, 2.45) is 11.8 Å². The molecule has 27 heteroatoms. The number of esters is 2. The van der Waals surface area contributed by atoms with E-state index in [2.05, 4.69) is 63.8 Å². The van der Waals surface area contributed by atoms with E-state index in [1.165, 1.54) is 30.1 Å². The van der Waals surface area contributed by atoms with Crippen LogP contribution in [0.5, 0.6) is 11.5 Å². The highest BCUT2D eigenvalue weighted by molar-refractivity contribution is 9.09. The quantitative estimate of drug-likeness (QED) is 0.0106. The van der Waals surface area contributed by atoms with Gasteiger partial charge in [-0.1, -0.05) is 89.9 Å². The Hall–Kier alpha value is -9.98. The summed E-state index contributed by atoms with van der Waals surface area (Å²) < 4.78 is 34.5. The van der Waals surface area contributed by atoms with Gasteiger partial charge in [0, 0.05) is 47.6 Å². The minimum atomic E-state index is -1.27. The summed E-state index contributed by atoms with van der Waals surface area (Å²) >= 11 is 3.21. The van der Waals surface area contributed by atoms with Crippen LogP contribution in [-0.2, 0) is 47.7 Å². The average molecular weight is 1470 g/mol. The number of hydrogen-bond acceptors (Lipinski definition) is 18. The predicted molar refractivity (Wildman–Crippen MR) is 378 cm³/mol. The van der Waals surface area contributed by atoms with E-state index in [0.29, 0.717) is 83.4 Å². The second-order valence-corrected chi connectivity index (χ2v) is 28.1. The van der Waals surface area contributed by atoms with Gasteiger partial charge in [-0.25, -0.2) is 29.1 Å². The number of allylic oxidation sites excluding steroid dienone is 2. The van der Waals surface area contributed by atoms with Crippen molar-refractivity contribution in [2.75, 3.05) is 32.6 Å². The molecule has 4 aliphatic heterocycles. The summed E-state index contributed by atoms with van der Waals surface area (Å²) in [5, 5.41) is 12.5. The maximum atomic E-state index is 14.5. The number of carbonyl (C=O) groups is 10. The molecule has 2 unspecified atom stereocenters. The van der Waals surface area contributed by atoms with Gasteiger partial charge in [-0.15, -0.1) is 12.8 Å². The number of pyridine rings is 2. The molecule has 103 heavy (non-hydrogen) atoms. The number of hydrogen-bond donors (Lipinski definition) is 4. The fraction of sp³-hybridized carbons (Fsp3) is 0.513. The first-order valence-electron chi connectivity index (χ1n) is 35.5. The Morgan fingerprint density at radius 3 is 1.47 bits per heavy atom. The van der Waals surface area contributed by atoms with Gasteiger partial charge in [-0.05, 0) is 127 Å². The van der Waals surface area contributed by atoms with Crippen molar-refractivity contribution in [2.45, 2.75) is 201 Å². The maximum Gasteiger partial charge on any atom is 0.408 e. The Balaban J connectivity index is 0.000000207. The summed E-state index contributed by atoms with van der Waals surface area (Å²) in [7, 11) is 2.55. The highest BCUT2D eigenvalue weighted by Crippen LogP contribution is 2.48. The molecule has 6 amide bonds. The normalized spacial score (nSPS) is 27.2. The molecule has 4 aliphatic carbocycles. The highest BCUT2D eigenvalue weighted by atomic mass is 79.9. The third-order valence-corrected chi connectivity index (χ3v) is 21.2. The summed E-state index contributed by atoms with van der Waals surface area (Å²) in [4.78, 5) is 150. The molecule has 0 spiro atoms. The second kappa shape index (κ2) is 33.4. The Morgan fingerprint density at radius 2 is 1.05 bits per heavy atom. The number of nitrogens with one attached hydrogen (secondary N) is 4. The standard InChI is InChI=1S/C38H43BrN4O8.C38H42N6O8/c1-3-23-12-11-16-27-32(19-29(31(44)21-39)40-33(23)27)50-26-18-30-34(45)42-38(36(47)49-2)20-24(38)13-7-5-4-6-8-17-28(35(46)43(30)22-26)41-37(48)51-25-14-9-10-15-25;1-3-23-12-11-16-27-32(19-29(41-33(23)27)31(45)21-40-39)51-26-18-30-34(46)43-38(36(48)50-2)20-24(38)13-7-5-4-6-8-17-28(35(47)44(30)22-26)42-37(49)52-25-14-9-10-15-25/h1,7,11-13,16,19,24-26,28,30H,4-6,8-10,14-15,17-18,20-22H2,2H3,(H,41,48)(H,42,45);1,7,11-13,16,19,21,24-26,28,30H,4-6,8-10,14-15,17-18,20,22H2,2H3,(H,42,49)(H,43,46)/b2*13-7-/t2*24?,26-,28+,30+,38-/m11/s1. The Labute approximate surface area is 605 Å². The summed E-state index contributed by atoms with van der Waals surface area (Å²) in [5.41, 5.74) is 8.14. The lowest BCUT2D eigenvalue weighted by Crippen LogP contribution is -2.56. The van der Waals surface area contributed by atoms with Gasteiger partial charge in [-0.2, -0.15) is 4.79 Å². The lowest BCUT2D eigenvalue weighted by molar-refractivity contribution is -0.148. The topological polar surface area (TPSA) is 343 Å². The fourth-order valence-electron chi connectivity index (χ4n) is 15.0. The zero-order chi connectivity index (χ0) is 73.0. The van der Waals surface area contributed by atoms with Gasteiger partial charge < -0.3 is 65.0 Å². The van der Waals surface area contributed by atoms with Crippen LogP contribution in [0.25, 0.3) is 27.3 Å². The number of benzene rings is 2. The van der Waals surface area contributed by atoms with Crippen LogP contribution in [0, 0.1) is 36.5 Å². The molecule has 6 heterocycles. The van der Waals surface area contributed by atoms with Crippen LogP contribution in [0.4, 0.5) is 9.59 Å². The molecule has 6 fully saturated rings. The van der Waals surface area contributed by atoms with E-state index in [-0.39, 0.29) is 78.2 Å². The Kier molecular flexibility index (Phi) is 24.1. The van der Waals surface area contributed by atoms with Crippen molar-refractivity contribution in [3.8, 4) is 36.2 Å². The molecule has 2 aromatic carbocycles. The number of amides is 6. The number of rotatable bonds is 14. The molecule has 8 aliphatic rings. The number of halogens is 1. The SMILES string of the molecule is C#Cc1cccc2c(O[C@@H]3C[C@H]4C(=O)N[C@]5(C(=O)OC)CC5/C=C\CCCCC[C@H](NC(=O)OC5CCCC5)C(=O)N4C3)cc(C(=O)C=[N+]=[N-])nc12.C#Cc1cccc2c(O[C@@H]3C[C@H]4C(=O)N[C@]5(C(=O)OC)CC5/C=C\CCCCC[C@H](NC(=O)OC5CCCC5)C(=O)N4C3)cc(C(=O)CBr)nc12. The summed E-state index contributed by atoms with van der Waals surface area (Å²) in [5.74, 6) is 1.09. The van der Waals surface area contributed by atoms with Gasteiger partial charge in [0.1, 0.15) is 82.5 Å². The molecular formula is C76H85BrN10O16. The molecular weight excluding hydrogens is 1390 g/mol. The number of carbonyl (C=O) groups excluding carboxylic acids is 10. The zero-order valence-corrected chi connectivity index (χ0v) is 59.3. The summed E-state index contributed by atoms with van der Waals surface area (Å²) in [6.07, 6.45) is 31.6. The molecule has 12 rings (SSSR count). The number of para-hydroxylation sites is 2. The Bertz CT molecular complexity index is 4170. The van der Waals surface area contributed by atoms with Crippen molar-refractivity contribution >= 4 is 103 Å².